The minimum atomic E-state index is -0.684. The van der Waals surface area contributed by atoms with Gasteiger partial charge in [0.05, 0.1) is 17.4 Å². The molecule has 0 aliphatic rings. The molecule has 0 aliphatic heterocycles. The summed E-state index contributed by atoms with van der Waals surface area (Å²) in [5, 5.41) is 1.16. The van der Waals surface area contributed by atoms with Gasteiger partial charge in [-0.1, -0.05) is 37.6 Å². The maximum absolute atomic E-state index is 12.8. The molecule has 0 amide bonds. The number of rotatable bonds is 10. The van der Waals surface area contributed by atoms with E-state index in [0.717, 1.165) is 53.6 Å². The summed E-state index contributed by atoms with van der Waals surface area (Å²) in [5.41, 5.74) is 4.34. The molecule has 0 saturated heterocycles. The molecule has 1 atom stereocenters. The molecule has 0 N–H and O–H groups in total. The van der Waals surface area contributed by atoms with E-state index in [4.69, 9.17) is 9.72 Å². The van der Waals surface area contributed by atoms with Crippen LogP contribution in [-0.2, 0) is 6.42 Å². The lowest BCUT2D eigenvalue weighted by molar-refractivity contribution is 0.330. The van der Waals surface area contributed by atoms with Crippen molar-refractivity contribution in [3.63, 3.8) is 0 Å². The number of ether oxygens (including phenoxy) is 1. The predicted molar refractivity (Wildman–Crippen MR) is 116 cm³/mol. The van der Waals surface area contributed by atoms with Crippen molar-refractivity contribution in [3.8, 4) is 17.0 Å². The Morgan fingerprint density at radius 3 is 2.61 bits per heavy atom. The third-order valence-corrected chi connectivity index (χ3v) is 4.84. The summed E-state index contributed by atoms with van der Waals surface area (Å²) >= 11 is 0. The molecule has 0 bridgehead atoms. The highest BCUT2D eigenvalue weighted by atomic mass is 19.1. The number of aromatic nitrogens is 1. The van der Waals surface area contributed by atoms with Crippen molar-refractivity contribution in [2.75, 3.05) is 6.61 Å². The van der Waals surface area contributed by atoms with Gasteiger partial charge < -0.3 is 4.74 Å². The lowest BCUT2D eigenvalue weighted by atomic mass is 10.0. The zero-order valence-corrected chi connectivity index (χ0v) is 16.5. The second kappa shape index (κ2) is 10.0. The quantitative estimate of drug-likeness (QED) is 0.282. The monoisotopic (exact) mass is 377 g/mol. The second-order valence-electron chi connectivity index (χ2n) is 7.23. The van der Waals surface area contributed by atoms with E-state index in [9.17, 15) is 4.39 Å². The summed E-state index contributed by atoms with van der Waals surface area (Å²) in [4.78, 5) is 4.81. The Morgan fingerprint density at radius 2 is 1.86 bits per heavy atom. The van der Waals surface area contributed by atoms with Gasteiger partial charge in [-0.25, -0.2) is 9.37 Å². The van der Waals surface area contributed by atoms with Crippen LogP contribution in [-0.4, -0.2) is 17.8 Å². The Labute approximate surface area is 167 Å². The van der Waals surface area contributed by atoms with Gasteiger partial charge in [-0.3, -0.25) is 0 Å². The molecule has 0 aliphatic carbocycles. The number of fused-ring (bicyclic) bond motifs is 1. The normalized spacial score (nSPS) is 12.1. The molecule has 28 heavy (non-hydrogen) atoms. The number of benzene rings is 2. The molecule has 1 unspecified atom stereocenters. The first-order chi connectivity index (χ1) is 13.7. The highest BCUT2D eigenvalue weighted by Crippen LogP contribution is 2.24. The van der Waals surface area contributed by atoms with Gasteiger partial charge in [0.2, 0.25) is 0 Å². The van der Waals surface area contributed by atoms with Gasteiger partial charge in [0.1, 0.15) is 12.4 Å². The number of halogens is 1. The van der Waals surface area contributed by atoms with Crippen molar-refractivity contribution in [2.45, 2.75) is 45.2 Å². The van der Waals surface area contributed by atoms with E-state index in [1.54, 1.807) is 13.0 Å². The second-order valence-corrected chi connectivity index (χ2v) is 7.23. The first-order valence-corrected chi connectivity index (χ1v) is 10.0. The minimum absolute atomic E-state index is 0.505. The SMILES string of the molecule is C=CCOc1ccc(-c2ccc3cc(CCCCCC(C)F)ccc3n2)cc1. The van der Waals surface area contributed by atoms with Gasteiger partial charge in [-0.05, 0) is 74.2 Å². The average molecular weight is 378 g/mol. The smallest absolute Gasteiger partial charge is 0.119 e. The summed E-state index contributed by atoms with van der Waals surface area (Å²) in [6.45, 7) is 5.80. The van der Waals surface area contributed by atoms with Crippen LogP contribution >= 0.6 is 0 Å². The number of hydrogen-bond acceptors (Lipinski definition) is 2. The molecular weight excluding hydrogens is 349 g/mol. The molecule has 0 saturated carbocycles. The Kier molecular flexibility index (Phi) is 7.18. The number of aryl methyl sites for hydroxylation is 1. The third-order valence-electron chi connectivity index (χ3n) is 4.84. The minimum Gasteiger partial charge on any atom is -0.490 e. The van der Waals surface area contributed by atoms with Crippen molar-refractivity contribution in [2.24, 2.45) is 0 Å². The topological polar surface area (TPSA) is 22.1 Å². The zero-order valence-electron chi connectivity index (χ0n) is 16.5. The van der Waals surface area contributed by atoms with E-state index in [1.807, 2.05) is 24.3 Å². The molecule has 1 aromatic heterocycles. The van der Waals surface area contributed by atoms with Crippen LogP contribution in [0.4, 0.5) is 4.39 Å². The Morgan fingerprint density at radius 1 is 1.04 bits per heavy atom. The molecule has 146 valence electrons. The van der Waals surface area contributed by atoms with Crippen LogP contribution in [0.15, 0.2) is 67.3 Å². The van der Waals surface area contributed by atoms with Crippen molar-refractivity contribution in [1.29, 1.82) is 0 Å². The molecule has 2 aromatic carbocycles. The van der Waals surface area contributed by atoms with E-state index in [1.165, 1.54) is 5.56 Å². The highest BCUT2D eigenvalue weighted by molar-refractivity contribution is 5.82. The molecule has 3 heteroatoms. The molecule has 2 nitrogen and oxygen atoms in total. The van der Waals surface area contributed by atoms with E-state index >= 15 is 0 Å². The van der Waals surface area contributed by atoms with Crippen LogP contribution in [0.3, 0.4) is 0 Å². The van der Waals surface area contributed by atoms with Crippen LogP contribution in [0.2, 0.25) is 0 Å². The summed E-state index contributed by atoms with van der Waals surface area (Å²) < 4.78 is 18.4. The van der Waals surface area contributed by atoms with Crippen LogP contribution in [0, 0.1) is 0 Å². The fourth-order valence-electron chi connectivity index (χ4n) is 3.30. The van der Waals surface area contributed by atoms with Gasteiger partial charge in [-0.2, -0.15) is 0 Å². The number of unbranched alkanes of at least 4 members (excludes halogenated alkanes) is 2. The Hall–Kier alpha value is -2.68. The van der Waals surface area contributed by atoms with E-state index in [-0.39, 0.29) is 0 Å². The van der Waals surface area contributed by atoms with E-state index in [0.29, 0.717) is 13.0 Å². The number of pyridine rings is 1. The standard InChI is InChI=1S/C25H28FNO/c1-3-17-28-23-13-10-21(11-14-23)24-16-12-22-18-20(9-15-25(22)27-24)8-6-4-5-7-19(2)26/h3,9-16,18-19H,1,4-8,17H2,2H3. The largest absolute Gasteiger partial charge is 0.490 e. The molecule has 3 rings (SSSR count). The predicted octanol–water partition coefficient (Wildman–Crippen LogP) is 6.93. The van der Waals surface area contributed by atoms with Gasteiger partial charge >= 0.3 is 0 Å². The number of alkyl halides is 1. The van der Waals surface area contributed by atoms with Crippen molar-refractivity contribution in [3.05, 3.63) is 72.8 Å². The molecule has 0 radical (unpaired) electrons. The lowest BCUT2D eigenvalue weighted by Gasteiger charge is -2.08. The lowest BCUT2D eigenvalue weighted by Crippen LogP contribution is -1.93. The van der Waals surface area contributed by atoms with Gasteiger partial charge in [0, 0.05) is 10.9 Å². The Bertz CT molecular complexity index is 902. The number of nitrogens with zero attached hydrogens (tertiary/aromatic N) is 1. The van der Waals surface area contributed by atoms with Gasteiger partial charge in [-0.15, -0.1) is 0 Å². The summed E-state index contributed by atoms with van der Waals surface area (Å²) in [5.74, 6) is 0.829. The Balaban J connectivity index is 1.64. The molecule has 1 heterocycles. The van der Waals surface area contributed by atoms with Crippen molar-refractivity contribution in [1.82, 2.24) is 4.98 Å². The molecule has 3 aromatic rings. The zero-order chi connectivity index (χ0) is 19.8. The fraction of sp³-hybridized carbons (Fsp3) is 0.320. The van der Waals surface area contributed by atoms with Crippen LogP contribution in [0.1, 0.15) is 38.2 Å². The van der Waals surface area contributed by atoms with Crippen LogP contribution in [0.5, 0.6) is 5.75 Å². The van der Waals surface area contributed by atoms with E-state index < -0.39 is 6.17 Å². The van der Waals surface area contributed by atoms with Crippen LogP contribution in [0.25, 0.3) is 22.2 Å². The number of hydrogen-bond donors (Lipinski definition) is 0. The maximum atomic E-state index is 12.8. The molecule has 0 spiro atoms. The van der Waals surface area contributed by atoms with E-state index in [2.05, 4.69) is 36.9 Å². The fourth-order valence-corrected chi connectivity index (χ4v) is 3.30. The average Bonchev–Trinajstić information content (AvgIpc) is 2.71. The third kappa shape index (κ3) is 5.66. The van der Waals surface area contributed by atoms with Gasteiger partial charge in [0.15, 0.2) is 0 Å². The summed E-state index contributed by atoms with van der Waals surface area (Å²) in [6.07, 6.45) is 5.90. The first-order valence-electron chi connectivity index (χ1n) is 10.0. The van der Waals surface area contributed by atoms with Gasteiger partial charge in [0.25, 0.3) is 0 Å². The summed E-state index contributed by atoms with van der Waals surface area (Å²) in [7, 11) is 0. The first kappa shape index (κ1) is 20.1. The molecular formula is C25H28FNO. The van der Waals surface area contributed by atoms with Crippen molar-refractivity contribution >= 4 is 10.9 Å². The van der Waals surface area contributed by atoms with Crippen molar-refractivity contribution < 1.29 is 9.13 Å². The maximum Gasteiger partial charge on any atom is 0.119 e. The van der Waals surface area contributed by atoms with Crippen LogP contribution < -0.4 is 4.74 Å². The molecule has 0 fully saturated rings. The summed E-state index contributed by atoms with van der Waals surface area (Å²) in [6, 6.07) is 18.6. The highest BCUT2D eigenvalue weighted by Gasteiger charge is 2.04.